The first-order valence-corrected chi connectivity index (χ1v) is 9.10. The molecule has 6 rings (SSSR count). The fourth-order valence-electron chi connectivity index (χ4n) is 4.67. The summed E-state index contributed by atoms with van der Waals surface area (Å²) in [6, 6.07) is 12.5. The van der Waals surface area contributed by atoms with Crippen LogP contribution in [0.15, 0.2) is 36.4 Å². The normalized spacial score (nSPS) is 28.8. The van der Waals surface area contributed by atoms with Gasteiger partial charge in [0.25, 0.3) is 0 Å². The van der Waals surface area contributed by atoms with Crippen molar-refractivity contribution in [3.8, 4) is 23.0 Å². The summed E-state index contributed by atoms with van der Waals surface area (Å²) in [6.45, 7) is 2.91. The van der Waals surface area contributed by atoms with Crippen molar-refractivity contribution in [1.29, 1.82) is 0 Å². The third kappa shape index (κ3) is 2.45. The number of piperidine rings is 3. The predicted molar refractivity (Wildman–Crippen MR) is 100 cm³/mol. The molecule has 3 aliphatic heterocycles. The Hall–Kier alpha value is -2.28. The minimum absolute atomic E-state index is 0.326. The summed E-state index contributed by atoms with van der Waals surface area (Å²) < 4.78 is 0. The summed E-state index contributed by atoms with van der Waals surface area (Å²) in [4.78, 5) is 2.33. The summed E-state index contributed by atoms with van der Waals surface area (Å²) in [5.41, 5.74) is 12.0. The molecule has 3 heteroatoms. The van der Waals surface area contributed by atoms with E-state index in [0.717, 1.165) is 43.6 Å². The van der Waals surface area contributed by atoms with Crippen LogP contribution in [0.1, 0.15) is 29.5 Å². The largest absolute Gasteiger partial charge is 0.399 e. The van der Waals surface area contributed by atoms with Gasteiger partial charge in [-0.05, 0) is 78.9 Å². The highest BCUT2D eigenvalue weighted by Crippen LogP contribution is 2.38. The minimum atomic E-state index is -0.840. The van der Waals surface area contributed by atoms with Gasteiger partial charge in [-0.25, -0.2) is 0 Å². The lowest BCUT2D eigenvalue weighted by molar-refractivity contribution is -0.0713. The molecule has 3 heterocycles. The lowest BCUT2D eigenvalue weighted by Crippen LogP contribution is -2.58. The van der Waals surface area contributed by atoms with Crippen LogP contribution < -0.4 is 5.73 Å². The van der Waals surface area contributed by atoms with Crippen molar-refractivity contribution < 1.29 is 5.11 Å². The van der Waals surface area contributed by atoms with Crippen molar-refractivity contribution in [3.05, 3.63) is 53.1 Å². The van der Waals surface area contributed by atoms with Crippen LogP contribution in [0.4, 0.5) is 5.69 Å². The van der Waals surface area contributed by atoms with E-state index in [4.69, 9.17) is 5.73 Å². The Kier molecular flexibility index (Phi) is 3.22. The van der Waals surface area contributed by atoms with E-state index in [1.54, 1.807) is 0 Å². The lowest BCUT2D eigenvalue weighted by atomic mass is 9.76. The molecule has 25 heavy (non-hydrogen) atoms. The highest BCUT2D eigenvalue weighted by atomic mass is 16.3. The Bertz CT molecular complexity index is 915. The lowest BCUT2D eigenvalue weighted by Gasteiger charge is -2.47. The van der Waals surface area contributed by atoms with Crippen LogP contribution in [0.3, 0.4) is 0 Å². The fourth-order valence-corrected chi connectivity index (χ4v) is 4.67. The molecule has 1 atom stereocenters. The first-order valence-electron chi connectivity index (χ1n) is 9.10. The van der Waals surface area contributed by atoms with Crippen molar-refractivity contribution in [2.24, 2.45) is 5.92 Å². The highest BCUT2D eigenvalue weighted by molar-refractivity contribution is 5.79. The van der Waals surface area contributed by atoms with Gasteiger partial charge in [-0.15, -0.1) is 0 Å². The SMILES string of the molecule is Nc1ccc2c(c1)Cc1cc(C#CC3(O)CN4CCC3CC4)ccc1-2. The molecule has 4 aliphatic rings. The second-order valence-corrected chi connectivity index (χ2v) is 7.69. The number of hydrogen-bond donors (Lipinski definition) is 2. The van der Waals surface area contributed by atoms with Crippen LogP contribution in [0, 0.1) is 17.8 Å². The van der Waals surface area contributed by atoms with Gasteiger partial charge >= 0.3 is 0 Å². The standard InChI is InChI=1S/C22H22N2O/c23-19-2-4-21-17(13-19)12-16-11-15(1-3-20(16)21)5-8-22(25)14-24-9-6-18(22)7-10-24/h1-4,11,13,18,25H,6-7,9-10,12,14,23H2. The number of hydrogen-bond acceptors (Lipinski definition) is 3. The van der Waals surface area contributed by atoms with E-state index in [-0.39, 0.29) is 0 Å². The zero-order valence-electron chi connectivity index (χ0n) is 14.3. The maximum atomic E-state index is 11.0. The average molecular weight is 330 g/mol. The van der Waals surface area contributed by atoms with Crippen molar-refractivity contribution in [2.45, 2.75) is 24.9 Å². The maximum absolute atomic E-state index is 11.0. The number of fused-ring (bicyclic) bond motifs is 6. The average Bonchev–Trinajstić information content (AvgIpc) is 2.97. The third-order valence-electron chi connectivity index (χ3n) is 6.06. The molecule has 3 N–H and O–H groups in total. The summed E-state index contributed by atoms with van der Waals surface area (Å²) in [5.74, 6) is 6.79. The molecular weight excluding hydrogens is 308 g/mol. The second-order valence-electron chi connectivity index (χ2n) is 7.69. The molecule has 2 aromatic rings. The van der Waals surface area contributed by atoms with E-state index in [9.17, 15) is 5.11 Å². The molecule has 3 fully saturated rings. The number of anilines is 1. The second kappa shape index (κ2) is 5.36. The van der Waals surface area contributed by atoms with Crippen molar-refractivity contribution in [1.82, 2.24) is 4.90 Å². The minimum Gasteiger partial charge on any atom is -0.399 e. The smallest absolute Gasteiger partial charge is 0.141 e. The first kappa shape index (κ1) is 15.0. The maximum Gasteiger partial charge on any atom is 0.141 e. The van der Waals surface area contributed by atoms with Crippen LogP contribution in [0.5, 0.6) is 0 Å². The topological polar surface area (TPSA) is 49.5 Å². The number of benzene rings is 2. The highest BCUT2D eigenvalue weighted by Gasteiger charge is 2.44. The molecule has 0 radical (unpaired) electrons. The van der Waals surface area contributed by atoms with Gasteiger partial charge in [0.2, 0.25) is 0 Å². The van der Waals surface area contributed by atoms with Gasteiger partial charge in [0.05, 0.1) is 0 Å². The third-order valence-corrected chi connectivity index (χ3v) is 6.06. The Morgan fingerprint density at radius 1 is 1.04 bits per heavy atom. The van der Waals surface area contributed by atoms with E-state index in [2.05, 4.69) is 47.1 Å². The molecule has 0 amide bonds. The molecule has 2 bridgehead atoms. The molecule has 0 spiro atoms. The zero-order chi connectivity index (χ0) is 17.0. The number of nitrogens with zero attached hydrogens (tertiary/aromatic N) is 1. The molecule has 2 aromatic carbocycles. The molecule has 3 saturated heterocycles. The summed E-state index contributed by atoms with van der Waals surface area (Å²) in [6.07, 6.45) is 3.03. The first-order chi connectivity index (χ1) is 12.1. The van der Waals surface area contributed by atoms with Crippen LogP contribution in [0.2, 0.25) is 0 Å². The molecule has 126 valence electrons. The number of nitrogen functional groups attached to an aromatic ring is 1. The van der Waals surface area contributed by atoms with Gasteiger partial charge in [-0.3, -0.25) is 4.90 Å². The molecular formula is C22H22N2O. The number of rotatable bonds is 0. The molecule has 1 aliphatic carbocycles. The van der Waals surface area contributed by atoms with Gasteiger partial charge in [-0.2, -0.15) is 0 Å². The Morgan fingerprint density at radius 2 is 1.76 bits per heavy atom. The quantitative estimate of drug-likeness (QED) is 0.492. The van der Waals surface area contributed by atoms with Crippen LogP contribution in [-0.4, -0.2) is 35.2 Å². The van der Waals surface area contributed by atoms with Crippen molar-refractivity contribution >= 4 is 5.69 Å². The summed E-state index contributed by atoms with van der Waals surface area (Å²) in [5, 5.41) is 11.0. The molecule has 0 aromatic heterocycles. The van der Waals surface area contributed by atoms with Gasteiger partial charge in [0.1, 0.15) is 5.60 Å². The van der Waals surface area contributed by atoms with Gasteiger partial charge in [0, 0.05) is 23.7 Å². The van der Waals surface area contributed by atoms with Gasteiger partial charge in [0.15, 0.2) is 0 Å². The molecule has 1 unspecified atom stereocenters. The van der Waals surface area contributed by atoms with Crippen molar-refractivity contribution in [2.75, 3.05) is 25.4 Å². The van der Waals surface area contributed by atoms with Gasteiger partial charge in [-0.1, -0.05) is 24.0 Å². The van der Waals surface area contributed by atoms with E-state index in [1.165, 1.54) is 22.3 Å². The van der Waals surface area contributed by atoms with E-state index in [1.807, 2.05) is 6.07 Å². The van der Waals surface area contributed by atoms with Crippen molar-refractivity contribution in [3.63, 3.8) is 0 Å². The van der Waals surface area contributed by atoms with Crippen LogP contribution in [0.25, 0.3) is 11.1 Å². The Balaban J connectivity index is 1.45. The predicted octanol–water partition coefficient (Wildman–Crippen LogP) is 2.65. The van der Waals surface area contributed by atoms with Crippen LogP contribution >= 0.6 is 0 Å². The summed E-state index contributed by atoms with van der Waals surface area (Å²) in [7, 11) is 0. The van der Waals surface area contributed by atoms with E-state index < -0.39 is 5.60 Å². The Morgan fingerprint density at radius 3 is 2.48 bits per heavy atom. The fraction of sp³-hybridized carbons (Fsp3) is 0.364. The zero-order valence-corrected chi connectivity index (χ0v) is 14.3. The monoisotopic (exact) mass is 330 g/mol. The number of nitrogens with two attached hydrogens (primary N) is 1. The molecule has 0 saturated carbocycles. The summed E-state index contributed by atoms with van der Waals surface area (Å²) >= 11 is 0. The van der Waals surface area contributed by atoms with Crippen LogP contribution in [-0.2, 0) is 6.42 Å². The number of aliphatic hydroxyl groups is 1. The Labute approximate surface area is 148 Å². The molecule has 3 nitrogen and oxygen atoms in total. The van der Waals surface area contributed by atoms with Gasteiger partial charge < -0.3 is 10.8 Å². The van der Waals surface area contributed by atoms with E-state index >= 15 is 0 Å². The van der Waals surface area contributed by atoms with E-state index in [0.29, 0.717) is 12.5 Å².